The molecular weight excluding hydrogens is 467 g/mol. The van der Waals surface area contributed by atoms with E-state index in [1.54, 1.807) is 7.11 Å². The maximum absolute atomic E-state index is 9.26. The summed E-state index contributed by atoms with van der Waals surface area (Å²) in [7, 11) is 1.63. The summed E-state index contributed by atoms with van der Waals surface area (Å²) in [6.45, 7) is 2.81. The van der Waals surface area contributed by atoms with E-state index in [4.69, 9.17) is 10.5 Å². The quantitative estimate of drug-likeness (QED) is 0.324. The number of methoxy groups -OCH3 is 1. The van der Waals surface area contributed by atoms with Crippen molar-refractivity contribution in [3.8, 4) is 5.75 Å². The van der Waals surface area contributed by atoms with Gasteiger partial charge < -0.3 is 25.8 Å². The zero-order valence-electron chi connectivity index (χ0n) is 16.2. The van der Waals surface area contributed by atoms with Crippen molar-refractivity contribution in [1.29, 1.82) is 0 Å². The van der Waals surface area contributed by atoms with Crippen molar-refractivity contribution in [2.75, 3.05) is 37.0 Å². The second-order valence-electron chi connectivity index (χ2n) is 6.81. The molecule has 0 aromatic heterocycles. The number of anilines is 2. The van der Waals surface area contributed by atoms with Crippen LogP contribution in [-0.4, -0.2) is 37.9 Å². The largest absolute Gasteiger partial charge is 0.495 e. The zero-order chi connectivity index (χ0) is 19.1. The third-order valence-corrected chi connectivity index (χ3v) is 4.98. The summed E-state index contributed by atoms with van der Waals surface area (Å²) in [5, 5.41) is 12.3. The van der Waals surface area contributed by atoms with Crippen LogP contribution in [0.2, 0.25) is 0 Å². The second kappa shape index (κ2) is 11.1. The molecule has 4 N–H and O–H groups in total. The summed E-state index contributed by atoms with van der Waals surface area (Å²) in [4.78, 5) is 6.79. The van der Waals surface area contributed by atoms with Gasteiger partial charge in [-0.25, -0.2) is 4.99 Å². The molecule has 0 unspecified atom stereocenters. The van der Waals surface area contributed by atoms with Crippen LogP contribution in [0.4, 0.5) is 11.4 Å². The van der Waals surface area contributed by atoms with Crippen molar-refractivity contribution in [3.05, 3.63) is 54.1 Å². The monoisotopic (exact) mass is 496 g/mol. The molecule has 0 saturated carbocycles. The van der Waals surface area contributed by atoms with Crippen molar-refractivity contribution in [1.82, 2.24) is 0 Å². The molecule has 7 heteroatoms. The number of nitrogens with one attached hydrogen (secondary N) is 1. The number of hydrogen-bond donors (Lipinski definition) is 3. The Morgan fingerprint density at radius 2 is 1.86 bits per heavy atom. The van der Waals surface area contributed by atoms with E-state index in [0.29, 0.717) is 25.0 Å². The third-order valence-electron chi connectivity index (χ3n) is 4.98. The van der Waals surface area contributed by atoms with Crippen LogP contribution >= 0.6 is 24.0 Å². The molecule has 0 radical (unpaired) electrons. The van der Waals surface area contributed by atoms with Gasteiger partial charge in [-0.3, -0.25) is 0 Å². The van der Waals surface area contributed by atoms with Gasteiger partial charge in [0.15, 0.2) is 5.96 Å². The molecule has 3 rings (SSSR count). The van der Waals surface area contributed by atoms with Gasteiger partial charge in [-0.05, 0) is 48.6 Å². The SMILES string of the molecule is COc1ccccc1NC(N)=NCc1ccc(N2CCC(CO)CC2)cc1.I. The molecule has 0 aliphatic carbocycles. The average molecular weight is 496 g/mol. The van der Waals surface area contributed by atoms with E-state index >= 15 is 0 Å². The fraction of sp³-hybridized carbons (Fsp3) is 0.381. The van der Waals surface area contributed by atoms with Gasteiger partial charge in [0.05, 0.1) is 19.3 Å². The lowest BCUT2D eigenvalue weighted by atomic mass is 9.97. The number of rotatable bonds is 6. The lowest BCUT2D eigenvalue weighted by Gasteiger charge is -2.32. The lowest BCUT2D eigenvalue weighted by Crippen LogP contribution is -2.34. The van der Waals surface area contributed by atoms with E-state index in [9.17, 15) is 5.11 Å². The van der Waals surface area contributed by atoms with Crippen LogP contribution in [0.25, 0.3) is 0 Å². The number of benzene rings is 2. The first-order valence-electron chi connectivity index (χ1n) is 9.34. The van der Waals surface area contributed by atoms with Crippen LogP contribution in [0.5, 0.6) is 5.75 Å². The maximum Gasteiger partial charge on any atom is 0.193 e. The summed E-state index contributed by atoms with van der Waals surface area (Å²) in [6, 6.07) is 16.0. The number of piperidine rings is 1. The van der Waals surface area contributed by atoms with Crippen molar-refractivity contribution in [2.24, 2.45) is 16.6 Å². The fourth-order valence-corrected chi connectivity index (χ4v) is 3.29. The number of aliphatic imine (C=N–C) groups is 1. The summed E-state index contributed by atoms with van der Waals surface area (Å²) in [5.74, 6) is 1.54. The second-order valence-corrected chi connectivity index (χ2v) is 6.81. The average Bonchev–Trinajstić information content (AvgIpc) is 2.73. The highest BCUT2D eigenvalue weighted by Gasteiger charge is 2.18. The van der Waals surface area contributed by atoms with E-state index < -0.39 is 0 Å². The highest BCUT2D eigenvalue weighted by Crippen LogP contribution is 2.24. The van der Waals surface area contributed by atoms with Gasteiger partial charge in [0.25, 0.3) is 0 Å². The molecule has 28 heavy (non-hydrogen) atoms. The molecule has 6 nitrogen and oxygen atoms in total. The summed E-state index contributed by atoms with van der Waals surface area (Å²) in [5.41, 5.74) is 9.13. The Morgan fingerprint density at radius 3 is 2.50 bits per heavy atom. The lowest BCUT2D eigenvalue weighted by molar-refractivity contribution is 0.203. The Bertz CT molecular complexity index is 759. The van der Waals surface area contributed by atoms with Gasteiger partial charge >= 0.3 is 0 Å². The van der Waals surface area contributed by atoms with Gasteiger partial charge in [-0.2, -0.15) is 0 Å². The van der Waals surface area contributed by atoms with Gasteiger partial charge in [0.1, 0.15) is 5.75 Å². The summed E-state index contributed by atoms with van der Waals surface area (Å²) >= 11 is 0. The molecule has 0 bridgehead atoms. The molecule has 1 aliphatic heterocycles. The number of ether oxygens (including phenoxy) is 1. The zero-order valence-corrected chi connectivity index (χ0v) is 18.5. The molecular formula is C21H29IN4O2. The smallest absolute Gasteiger partial charge is 0.193 e. The molecule has 0 amide bonds. The first-order chi connectivity index (χ1) is 13.2. The van der Waals surface area contributed by atoms with E-state index in [1.165, 1.54) is 5.69 Å². The Kier molecular flexibility index (Phi) is 8.85. The van der Waals surface area contributed by atoms with Crippen LogP contribution in [0, 0.1) is 5.92 Å². The summed E-state index contributed by atoms with van der Waals surface area (Å²) in [6.07, 6.45) is 2.10. The molecule has 2 aromatic rings. The first kappa shape index (κ1) is 22.3. The normalized spacial score (nSPS) is 15.1. The minimum Gasteiger partial charge on any atom is -0.495 e. The number of nitrogens with two attached hydrogens (primary N) is 1. The van der Waals surface area contributed by atoms with E-state index in [-0.39, 0.29) is 24.0 Å². The van der Waals surface area contributed by atoms with E-state index in [0.717, 1.165) is 42.9 Å². The number of para-hydroxylation sites is 2. The van der Waals surface area contributed by atoms with E-state index in [1.807, 2.05) is 24.3 Å². The molecule has 152 valence electrons. The van der Waals surface area contributed by atoms with Crippen LogP contribution in [0.15, 0.2) is 53.5 Å². The summed E-state index contributed by atoms with van der Waals surface area (Å²) < 4.78 is 5.30. The maximum atomic E-state index is 9.26. The number of aliphatic hydroxyl groups excluding tert-OH is 1. The van der Waals surface area contributed by atoms with Crippen molar-refractivity contribution in [2.45, 2.75) is 19.4 Å². The van der Waals surface area contributed by atoms with Crippen LogP contribution in [0.3, 0.4) is 0 Å². The standard InChI is InChI=1S/C21H28N4O2.HI/c1-27-20-5-3-2-4-19(20)24-21(22)23-14-16-6-8-18(9-7-16)25-12-10-17(15-26)11-13-25;/h2-9,17,26H,10-15H2,1H3,(H3,22,23,24);1H. The van der Waals surface area contributed by atoms with Crippen molar-refractivity contribution < 1.29 is 9.84 Å². The predicted octanol–water partition coefficient (Wildman–Crippen LogP) is 3.45. The molecule has 0 spiro atoms. The Hall–Kier alpha value is -2.00. The van der Waals surface area contributed by atoms with Crippen molar-refractivity contribution in [3.63, 3.8) is 0 Å². The van der Waals surface area contributed by atoms with E-state index in [2.05, 4.69) is 39.5 Å². The van der Waals surface area contributed by atoms with Gasteiger partial charge in [-0.1, -0.05) is 24.3 Å². The molecule has 1 aliphatic rings. The molecule has 2 aromatic carbocycles. The number of halogens is 1. The first-order valence-corrected chi connectivity index (χ1v) is 9.34. The minimum absolute atomic E-state index is 0. The number of nitrogens with zero attached hydrogens (tertiary/aromatic N) is 2. The Morgan fingerprint density at radius 1 is 1.18 bits per heavy atom. The van der Waals surface area contributed by atoms with Crippen LogP contribution in [-0.2, 0) is 6.54 Å². The highest BCUT2D eigenvalue weighted by molar-refractivity contribution is 14.0. The topological polar surface area (TPSA) is 83.1 Å². The number of hydrogen-bond acceptors (Lipinski definition) is 4. The molecule has 1 heterocycles. The van der Waals surface area contributed by atoms with Gasteiger partial charge in [0.2, 0.25) is 0 Å². The predicted molar refractivity (Wildman–Crippen MR) is 126 cm³/mol. The number of guanidine groups is 1. The van der Waals surface area contributed by atoms with Crippen molar-refractivity contribution >= 4 is 41.3 Å². The van der Waals surface area contributed by atoms with Crippen LogP contribution < -0.4 is 20.7 Å². The van der Waals surface area contributed by atoms with Crippen LogP contribution in [0.1, 0.15) is 18.4 Å². The molecule has 1 fully saturated rings. The fourth-order valence-electron chi connectivity index (χ4n) is 3.29. The molecule has 0 atom stereocenters. The Labute approximate surface area is 183 Å². The van der Waals surface area contributed by atoms with Gasteiger partial charge in [0, 0.05) is 25.4 Å². The van der Waals surface area contributed by atoms with Gasteiger partial charge in [-0.15, -0.1) is 24.0 Å². The third kappa shape index (κ3) is 6.00. The number of aliphatic hydroxyl groups is 1. The minimum atomic E-state index is 0. The highest BCUT2D eigenvalue weighted by atomic mass is 127. The Balaban J connectivity index is 0.00000280. The molecule has 1 saturated heterocycles.